The minimum Gasteiger partial charge on any atom is -0.490 e. The summed E-state index contributed by atoms with van der Waals surface area (Å²) >= 11 is 0. The third-order valence-electron chi connectivity index (χ3n) is 3.33. The third-order valence-corrected chi connectivity index (χ3v) is 3.33. The highest BCUT2D eigenvalue weighted by molar-refractivity contribution is 5.95. The maximum atomic E-state index is 13.4. The monoisotopic (exact) mass is 316 g/mol. The molecule has 23 heavy (non-hydrogen) atoms. The van der Waals surface area contributed by atoms with E-state index in [1.165, 1.54) is 6.07 Å². The zero-order valence-electron chi connectivity index (χ0n) is 13.4. The molecule has 0 saturated carbocycles. The van der Waals surface area contributed by atoms with Gasteiger partial charge in [0.25, 0.3) is 5.91 Å². The van der Waals surface area contributed by atoms with E-state index in [1.807, 2.05) is 37.2 Å². The number of hydrogen-bond acceptors (Lipinski definition) is 3. The molecule has 1 amide bonds. The van der Waals surface area contributed by atoms with Crippen LogP contribution in [0.2, 0.25) is 0 Å². The lowest BCUT2D eigenvalue weighted by Gasteiger charge is -2.13. The van der Waals surface area contributed by atoms with Gasteiger partial charge in [-0.25, -0.2) is 4.39 Å². The molecule has 0 aliphatic rings. The number of carbonyl (C=O) groups excluding carboxylic acids is 1. The molecule has 0 fully saturated rings. The summed E-state index contributed by atoms with van der Waals surface area (Å²) in [7, 11) is 3.86. The Hall–Kier alpha value is -2.56. The van der Waals surface area contributed by atoms with Crippen LogP contribution in [0.15, 0.2) is 48.5 Å². The number of halogens is 1. The van der Waals surface area contributed by atoms with Crippen LogP contribution in [0.25, 0.3) is 0 Å². The molecule has 1 N–H and O–H groups in total. The van der Waals surface area contributed by atoms with Crippen LogP contribution in [0.3, 0.4) is 0 Å². The largest absolute Gasteiger partial charge is 0.490 e. The molecule has 2 aromatic carbocycles. The highest BCUT2D eigenvalue weighted by atomic mass is 19.1. The number of nitrogens with one attached hydrogen (secondary N) is 1. The number of amides is 1. The molecule has 4 nitrogen and oxygen atoms in total. The topological polar surface area (TPSA) is 41.6 Å². The smallest absolute Gasteiger partial charge is 0.251 e. The zero-order valence-corrected chi connectivity index (χ0v) is 13.4. The molecule has 0 unspecified atom stereocenters. The summed E-state index contributed by atoms with van der Waals surface area (Å²) in [6.45, 7) is 0.818. The molecular weight excluding hydrogens is 295 g/mol. The van der Waals surface area contributed by atoms with Crippen molar-refractivity contribution >= 4 is 11.6 Å². The number of anilines is 1. The van der Waals surface area contributed by atoms with Crippen LogP contribution in [-0.2, 0) is 0 Å². The lowest BCUT2D eigenvalue weighted by molar-refractivity contribution is 0.0951. The maximum absolute atomic E-state index is 13.4. The first-order valence-corrected chi connectivity index (χ1v) is 7.51. The highest BCUT2D eigenvalue weighted by Crippen LogP contribution is 2.15. The molecule has 0 heterocycles. The lowest BCUT2D eigenvalue weighted by atomic mass is 10.2. The van der Waals surface area contributed by atoms with E-state index in [2.05, 4.69) is 5.32 Å². The van der Waals surface area contributed by atoms with E-state index in [-0.39, 0.29) is 17.5 Å². The number of para-hydroxylation sites is 1. The van der Waals surface area contributed by atoms with Crippen molar-refractivity contribution in [2.24, 2.45) is 0 Å². The summed E-state index contributed by atoms with van der Waals surface area (Å²) in [4.78, 5) is 14.0. The molecular formula is C18H21FN2O2. The van der Waals surface area contributed by atoms with Gasteiger partial charge in [-0.15, -0.1) is 0 Å². The fourth-order valence-corrected chi connectivity index (χ4v) is 2.05. The van der Waals surface area contributed by atoms with Gasteiger partial charge < -0.3 is 15.0 Å². The first kappa shape index (κ1) is 16.8. The molecule has 0 atom stereocenters. The number of hydrogen-bond donors (Lipinski definition) is 1. The van der Waals surface area contributed by atoms with Gasteiger partial charge in [0, 0.05) is 31.9 Å². The van der Waals surface area contributed by atoms with Crippen LogP contribution in [-0.4, -0.2) is 33.2 Å². The summed E-state index contributed by atoms with van der Waals surface area (Å²) in [5.41, 5.74) is 1.59. The van der Waals surface area contributed by atoms with E-state index in [1.54, 1.807) is 24.3 Å². The van der Waals surface area contributed by atoms with Crippen molar-refractivity contribution in [3.8, 4) is 5.75 Å². The van der Waals surface area contributed by atoms with E-state index in [0.29, 0.717) is 25.1 Å². The van der Waals surface area contributed by atoms with Crippen LogP contribution in [0.1, 0.15) is 16.8 Å². The van der Waals surface area contributed by atoms with E-state index < -0.39 is 0 Å². The molecule has 0 aliphatic heterocycles. The highest BCUT2D eigenvalue weighted by Gasteiger charge is 2.06. The zero-order chi connectivity index (χ0) is 16.7. The Bertz CT molecular complexity index is 659. The van der Waals surface area contributed by atoms with Crippen LogP contribution >= 0.6 is 0 Å². The Labute approximate surface area is 135 Å². The average Bonchev–Trinajstić information content (AvgIpc) is 2.56. The first-order chi connectivity index (χ1) is 11.1. The fourth-order valence-electron chi connectivity index (χ4n) is 2.05. The Morgan fingerprint density at radius 3 is 2.70 bits per heavy atom. The minimum atomic E-state index is -0.378. The molecule has 0 saturated heterocycles. The third kappa shape index (κ3) is 4.98. The van der Waals surface area contributed by atoms with Crippen molar-refractivity contribution in [2.75, 3.05) is 32.1 Å². The van der Waals surface area contributed by atoms with Crippen molar-refractivity contribution in [3.63, 3.8) is 0 Å². The molecule has 0 bridgehead atoms. The first-order valence-electron chi connectivity index (χ1n) is 7.51. The normalized spacial score (nSPS) is 10.2. The van der Waals surface area contributed by atoms with E-state index in [0.717, 1.165) is 5.69 Å². The van der Waals surface area contributed by atoms with Gasteiger partial charge in [0.15, 0.2) is 11.6 Å². The van der Waals surface area contributed by atoms with Crippen molar-refractivity contribution < 1.29 is 13.9 Å². The number of nitrogens with zero attached hydrogens (tertiary/aromatic N) is 1. The second kappa shape index (κ2) is 8.17. The van der Waals surface area contributed by atoms with Crippen LogP contribution in [0.5, 0.6) is 5.75 Å². The molecule has 0 aliphatic carbocycles. The lowest BCUT2D eigenvalue weighted by Crippen LogP contribution is -2.25. The number of carbonyl (C=O) groups is 1. The van der Waals surface area contributed by atoms with Crippen molar-refractivity contribution in [2.45, 2.75) is 6.42 Å². The summed E-state index contributed by atoms with van der Waals surface area (Å²) in [6, 6.07) is 13.7. The summed E-state index contributed by atoms with van der Waals surface area (Å²) in [5, 5.41) is 2.83. The number of benzene rings is 2. The van der Waals surface area contributed by atoms with Crippen LogP contribution < -0.4 is 15.0 Å². The predicted molar refractivity (Wildman–Crippen MR) is 89.6 cm³/mol. The van der Waals surface area contributed by atoms with Crippen LogP contribution in [0, 0.1) is 5.82 Å². The van der Waals surface area contributed by atoms with Crippen molar-refractivity contribution in [1.29, 1.82) is 0 Å². The van der Waals surface area contributed by atoms with E-state index in [9.17, 15) is 9.18 Å². The Morgan fingerprint density at radius 1 is 1.17 bits per heavy atom. The number of ether oxygens (including phenoxy) is 1. The number of rotatable bonds is 7. The molecule has 0 spiro atoms. The Kier molecular flexibility index (Phi) is 5.97. The van der Waals surface area contributed by atoms with Crippen molar-refractivity contribution in [3.05, 3.63) is 59.9 Å². The Morgan fingerprint density at radius 2 is 1.96 bits per heavy atom. The van der Waals surface area contributed by atoms with Gasteiger partial charge in [-0.1, -0.05) is 18.2 Å². The minimum absolute atomic E-state index is 0.125. The molecule has 0 aromatic heterocycles. The van der Waals surface area contributed by atoms with Gasteiger partial charge in [-0.2, -0.15) is 0 Å². The molecule has 2 rings (SSSR count). The maximum Gasteiger partial charge on any atom is 0.251 e. The Balaban J connectivity index is 1.75. The molecule has 5 heteroatoms. The van der Waals surface area contributed by atoms with Gasteiger partial charge in [0.05, 0.1) is 6.61 Å². The fraction of sp³-hybridized carbons (Fsp3) is 0.278. The SMILES string of the molecule is CN(C)c1cccc(C(=O)NCCCOc2ccccc2F)c1. The van der Waals surface area contributed by atoms with Crippen LogP contribution in [0.4, 0.5) is 10.1 Å². The van der Waals surface area contributed by atoms with E-state index in [4.69, 9.17) is 4.74 Å². The average molecular weight is 316 g/mol. The second-order valence-electron chi connectivity index (χ2n) is 5.33. The second-order valence-corrected chi connectivity index (χ2v) is 5.33. The van der Waals surface area contributed by atoms with Gasteiger partial charge in [0.2, 0.25) is 0 Å². The van der Waals surface area contributed by atoms with Gasteiger partial charge >= 0.3 is 0 Å². The molecule has 122 valence electrons. The summed E-state index contributed by atoms with van der Waals surface area (Å²) < 4.78 is 18.7. The van der Waals surface area contributed by atoms with Gasteiger partial charge in [-0.3, -0.25) is 4.79 Å². The summed E-state index contributed by atoms with van der Waals surface area (Å²) in [6.07, 6.45) is 0.605. The van der Waals surface area contributed by atoms with E-state index >= 15 is 0 Å². The molecule has 2 aromatic rings. The standard InChI is InChI=1S/C18H21FN2O2/c1-21(2)15-8-5-7-14(13-15)18(22)20-11-6-12-23-17-10-4-3-9-16(17)19/h3-5,7-10,13H,6,11-12H2,1-2H3,(H,20,22). The summed E-state index contributed by atoms with van der Waals surface area (Å²) in [5.74, 6) is -0.269. The predicted octanol–water partition coefficient (Wildman–Crippen LogP) is 3.09. The van der Waals surface area contributed by atoms with Gasteiger partial charge in [-0.05, 0) is 36.8 Å². The quantitative estimate of drug-likeness (QED) is 0.798. The van der Waals surface area contributed by atoms with Crippen molar-refractivity contribution in [1.82, 2.24) is 5.32 Å². The molecule has 0 radical (unpaired) electrons. The van der Waals surface area contributed by atoms with Gasteiger partial charge in [0.1, 0.15) is 0 Å².